The summed E-state index contributed by atoms with van der Waals surface area (Å²) in [6.45, 7) is 6.70. The Balaban J connectivity index is 2.04. The summed E-state index contributed by atoms with van der Waals surface area (Å²) in [4.78, 5) is 18.8. The topological polar surface area (TPSA) is 38.1 Å². The van der Waals surface area contributed by atoms with Crippen molar-refractivity contribution in [1.29, 1.82) is 0 Å². The minimum atomic E-state index is -0.906. The van der Waals surface area contributed by atoms with Crippen LogP contribution in [0.1, 0.15) is 43.4 Å². The van der Waals surface area contributed by atoms with Crippen molar-refractivity contribution in [2.75, 3.05) is 6.54 Å². The first kappa shape index (κ1) is 20.9. The number of hydrogen-bond donors (Lipinski definition) is 0. The van der Waals surface area contributed by atoms with Gasteiger partial charge in [-0.1, -0.05) is 32.9 Å². The van der Waals surface area contributed by atoms with Crippen LogP contribution < -0.4 is 0 Å². The van der Waals surface area contributed by atoms with Gasteiger partial charge in [-0.2, -0.15) is 0 Å². The second-order valence-electron chi connectivity index (χ2n) is 7.46. The number of benzene rings is 2. The lowest BCUT2D eigenvalue weighted by atomic mass is 10.1. The van der Waals surface area contributed by atoms with E-state index in [1.54, 1.807) is 12.1 Å². The molecule has 0 atom stereocenters. The minimum Gasteiger partial charge on any atom is -0.331 e. The average Bonchev–Trinajstić information content (AvgIpc) is 3.00. The van der Waals surface area contributed by atoms with Crippen LogP contribution in [-0.4, -0.2) is 26.9 Å². The van der Waals surface area contributed by atoms with Crippen LogP contribution in [0.25, 0.3) is 11.0 Å². The molecule has 0 radical (unpaired) electrons. The van der Waals surface area contributed by atoms with Crippen molar-refractivity contribution in [3.05, 3.63) is 65.2 Å². The molecule has 154 valence electrons. The monoisotopic (exact) mass is 403 g/mol. The van der Waals surface area contributed by atoms with Gasteiger partial charge in [-0.05, 0) is 36.6 Å². The number of aryl methyl sites for hydroxylation is 1. The van der Waals surface area contributed by atoms with E-state index >= 15 is 0 Å². The van der Waals surface area contributed by atoms with Gasteiger partial charge in [0.1, 0.15) is 28.5 Å². The number of hydrogen-bond acceptors (Lipinski definition) is 2. The highest BCUT2D eigenvalue weighted by Gasteiger charge is 2.26. The predicted molar refractivity (Wildman–Crippen MR) is 106 cm³/mol. The Morgan fingerprint density at radius 1 is 1.07 bits per heavy atom. The fourth-order valence-electron chi connectivity index (χ4n) is 3.45. The molecule has 1 aromatic heterocycles. The molecule has 7 heteroatoms. The number of halogens is 3. The van der Waals surface area contributed by atoms with E-state index in [1.165, 1.54) is 17.0 Å². The van der Waals surface area contributed by atoms with Crippen LogP contribution in [-0.2, 0) is 13.1 Å². The molecule has 0 spiro atoms. The normalized spacial score (nSPS) is 11.4. The Kier molecular flexibility index (Phi) is 6.25. The summed E-state index contributed by atoms with van der Waals surface area (Å²) in [5, 5.41) is 0. The predicted octanol–water partition coefficient (Wildman–Crippen LogP) is 5.16. The Morgan fingerprint density at radius 2 is 1.69 bits per heavy atom. The zero-order chi connectivity index (χ0) is 21.1. The molecular formula is C22H24F3N3O. The van der Waals surface area contributed by atoms with Gasteiger partial charge in [0.15, 0.2) is 5.82 Å². The fraction of sp³-hybridized carbons (Fsp3) is 0.364. The standard InChI is InChI=1S/C22H24F3N3O/c1-4-11-28-18-10-6-9-17(25)21(18)26-19(28)13-27(12-14(2)3)22(29)20-15(23)7-5-8-16(20)24/h5-10,14H,4,11-13H2,1-3H3. The van der Waals surface area contributed by atoms with Crippen molar-refractivity contribution in [2.24, 2.45) is 5.92 Å². The first-order valence-electron chi connectivity index (χ1n) is 9.70. The fourth-order valence-corrected chi connectivity index (χ4v) is 3.45. The van der Waals surface area contributed by atoms with Crippen molar-refractivity contribution in [1.82, 2.24) is 14.5 Å². The first-order chi connectivity index (χ1) is 13.8. The van der Waals surface area contributed by atoms with Gasteiger partial charge >= 0.3 is 0 Å². The maximum Gasteiger partial charge on any atom is 0.260 e. The Morgan fingerprint density at radius 3 is 2.31 bits per heavy atom. The van der Waals surface area contributed by atoms with Crippen LogP contribution >= 0.6 is 0 Å². The average molecular weight is 403 g/mol. The molecule has 0 aliphatic carbocycles. The lowest BCUT2D eigenvalue weighted by Gasteiger charge is -2.25. The molecule has 1 heterocycles. The summed E-state index contributed by atoms with van der Waals surface area (Å²) in [6.07, 6.45) is 0.787. The van der Waals surface area contributed by atoms with E-state index in [0.717, 1.165) is 18.6 Å². The van der Waals surface area contributed by atoms with Crippen LogP contribution in [0.2, 0.25) is 0 Å². The number of carbonyl (C=O) groups excluding carboxylic acids is 1. The molecular weight excluding hydrogens is 379 g/mol. The smallest absolute Gasteiger partial charge is 0.260 e. The van der Waals surface area contributed by atoms with E-state index in [1.807, 2.05) is 25.3 Å². The molecule has 29 heavy (non-hydrogen) atoms. The van der Waals surface area contributed by atoms with Crippen molar-refractivity contribution >= 4 is 16.9 Å². The molecule has 0 aliphatic rings. The molecule has 3 rings (SSSR count). The number of rotatable bonds is 7. The number of imidazole rings is 1. The molecule has 0 saturated heterocycles. The van der Waals surface area contributed by atoms with Crippen molar-refractivity contribution in [2.45, 2.75) is 40.3 Å². The lowest BCUT2D eigenvalue weighted by molar-refractivity contribution is 0.0706. The third kappa shape index (κ3) is 4.28. The molecule has 1 amide bonds. The van der Waals surface area contributed by atoms with Crippen molar-refractivity contribution in [3.63, 3.8) is 0 Å². The van der Waals surface area contributed by atoms with Crippen molar-refractivity contribution < 1.29 is 18.0 Å². The molecule has 0 N–H and O–H groups in total. The van der Waals surface area contributed by atoms with E-state index < -0.39 is 28.9 Å². The highest BCUT2D eigenvalue weighted by atomic mass is 19.1. The molecule has 4 nitrogen and oxygen atoms in total. The molecule has 0 saturated carbocycles. The molecule has 0 unspecified atom stereocenters. The van der Waals surface area contributed by atoms with Crippen LogP contribution in [0.15, 0.2) is 36.4 Å². The Bertz CT molecular complexity index is 1010. The molecule has 0 bridgehead atoms. The van der Waals surface area contributed by atoms with Gasteiger partial charge in [0, 0.05) is 13.1 Å². The van der Waals surface area contributed by atoms with Gasteiger partial charge in [0.2, 0.25) is 0 Å². The van der Waals surface area contributed by atoms with E-state index in [0.29, 0.717) is 17.9 Å². The maximum absolute atomic E-state index is 14.2. The number of aromatic nitrogens is 2. The Hall–Kier alpha value is -2.83. The minimum absolute atomic E-state index is 0.0267. The number of carbonyl (C=O) groups is 1. The van der Waals surface area contributed by atoms with Crippen molar-refractivity contribution in [3.8, 4) is 0 Å². The van der Waals surface area contributed by atoms with Crippen LogP contribution in [0.5, 0.6) is 0 Å². The zero-order valence-corrected chi connectivity index (χ0v) is 16.8. The van der Waals surface area contributed by atoms with Crippen LogP contribution in [0.3, 0.4) is 0 Å². The summed E-state index contributed by atoms with van der Waals surface area (Å²) < 4.78 is 44.5. The van der Waals surface area contributed by atoms with Gasteiger partial charge in [-0.25, -0.2) is 18.2 Å². The van der Waals surface area contributed by atoms with Gasteiger partial charge in [-0.3, -0.25) is 4.79 Å². The quantitative estimate of drug-likeness (QED) is 0.546. The summed E-state index contributed by atoms with van der Waals surface area (Å²) in [5.74, 6) is -2.45. The van der Waals surface area contributed by atoms with E-state index in [2.05, 4.69) is 4.98 Å². The summed E-state index contributed by atoms with van der Waals surface area (Å²) in [5.41, 5.74) is 0.276. The van der Waals surface area contributed by atoms with E-state index in [-0.39, 0.29) is 24.5 Å². The zero-order valence-electron chi connectivity index (χ0n) is 16.8. The van der Waals surface area contributed by atoms with Crippen LogP contribution in [0.4, 0.5) is 13.2 Å². The largest absolute Gasteiger partial charge is 0.331 e. The highest BCUT2D eigenvalue weighted by Crippen LogP contribution is 2.23. The number of amides is 1. The molecule has 3 aromatic rings. The summed E-state index contributed by atoms with van der Waals surface area (Å²) >= 11 is 0. The second-order valence-corrected chi connectivity index (χ2v) is 7.46. The third-order valence-electron chi connectivity index (χ3n) is 4.64. The SMILES string of the molecule is CCCn1c(CN(CC(C)C)C(=O)c2c(F)cccc2F)nc2c(F)cccc21. The Labute approximate surface area is 168 Å². The number of fused-ring (bicyclic) bond motifs is 1. The molecule has 2 aromatic carbocycles. The number of nitrogens with zero attached hydrogens (tertiary/aromatic N) is 3. The second kappa shape index (κ2) is 8.68. The van der Waals surface area contributed by atoms with Crippen LogP contribution in [0, 0.1) is 23.4 Å². The first-order valence-corrected chi connectivity index (χ1v) is 9.70. The lowest BCUT2D eigenvalue weighted by Crippen LogP contribution is -2.35. The van der Waals surface area contributed by atoms with Gasteiger partial charge in [0.05, 0.1) is 12.1 Å². The summed E-state index contributed by atoms with van der Waals surface area (Å²) in [7, 11) is 0. The van der Waals surface area contributed by atoms with Gasteiger partial charge in [-0.15, -0.1) is 0 Å². The van der Waals surface area contributed by atoms with E-state index in [9.17, 15) is 18.0 Å². The highest BCUT2D eigenvalue weighted by molar-refractivity contribution is 5.94. The van der Waals surface area contributed by atoms with E-state index in [4.69, 9.17) is 0 Å². The third-order valence-corrected chi connectivity index (χ3v) is 4.64. The molecule has 0 fully saturated rings. The summed E-state index contributed by atoms with van der Waals surface area (Å²) in [6, 6.07) is 8.06. The molecule has 0 aliphatic heterocycles. The van der Waals surface area contributed by atoms with Gasteiger partial charge in [0.25, 0.3) is 5.91 Å². The number of para-hydroxylation sites is 1. The van der Waals surface area contributed by atoms with Gasteiger partial charge < -0.3 is 9.47 Å². The maximum atomic E-state index is 14.2.